The number of rotatable bonds is 8. The van der Waals surface area contributed by atoms with E-state index in [9.17, 15) is 9.59 Å². The number of carbonyl (C=O) groups excluding carboxylic acids is 2. The second kappa shape index (κ2) is 12.4. The molecule has 2 aromatic heterocycles. The molecule has 1 N–H and O–H groups in total. The third-order valence-electron chi connectivity index (χ3n) is 6.09. The highest BCUT2D eigenvalue weighted by Gasteiger charge is 2.23. The molecular formula is C25H29Cl2N5O2S. The maximum Gasteiger partial charge on any atom is 0.258 e. The van der Waals surface area contributed by atoms with Crippen molar-refractivity contribution in [1.29, 1.82) is 0 Å². The summed E-state index contributed by atoms with van der Waals surface area (Å²) < 4.78 is 2.05. The minimum absolute atomic E-state index is 0. The summed E-state index contributed by atoms with van der Waals surface area (Å²) in [4.78, 5) is 34.4. The summed E-state index contributed by atoms with van der Waals surface area (Å²) in [7, 11) is 0. The summed E-state index contributed by atoms with van der Waals surface area (Å²) in [6, 6.07) is 16.3. The highest BCUT2D eigenvalue weighted by Crippen LogP contribution is 2.34. The molecule has 2 aliphatic rings. The molecule has 0 unspecified atom stereocenters. The Morgan fingerprint density at radius 3 is 2.66 bits per heavy atom. The second-order valence-electron chi connectivity index (χ2n) is 8.35. The maximum absolute atomic E-state index is 12.7. The number of nitrogens with zero attached hydrogens (tertiary/aromatic N) is 4. The van der Waals surface area contributed by atoms with Gasteiger partial charge in [-0.05, 0) is 36.6 Å². The topological polar surface area (TPSA) is 70.0 Å². The SMILES string of the molecule is Cl.Cl.O=C(NCCCN1CCN(CCc2ccccc2)CC1=O)C1=Cc2cnc3cccc(n23)S1. The van der Waals surface area contributed by atoms with Crippen molar-refractivity contribution in [2.24, 2.45) is 0 Å². The van der Waals surface area contributed by atoms with E-state index in [0.717, 1.165) is 48.8 Å². The van der Waals surface area contributed by atoms with Crippen molar-refractivity contribution in [3.05, 3.63) is 70.9 Å². The van der Waals surface area contributed by atoms with Crippen LogP contribution in [0.1, 0.15) is 17.7 Å². The number of hydrogen-bond acceptors (Lipinski definition) is 5. The fourth-order valence-corrected chi connectivity index (χ4v) is 5.28. The molecule has 1 fully saturated rings. The van der Waals surface area contributed by atoms with E-state index in [1.54, 1.807) is 6.20 Å². The number of aromatic nitrogens is 2. The molecule has 35 heavy (non-hydrogen) atoms. The molecule has 0 bridgehead atoms. The minimum atomic E-state index is -0.0819. The average molecular weight is 535 g/mol. The van der Waals surface area contributed by atoms with E-state index in [1.807, 2.05) is 39.6 Å². The van der Waals surface area contributed by atoms with Gasteiger partial charge in [-0.15, -0.1) is 24.8 Å². The number of nitrogens with one attached hydrogen (secondary N) is 1. The molecule has 186 valence electrons. The Morgan fingerprint density at radius 2 is 1.86 bits per heavy atom. The van der Waals surface area contributed by atoms with E-state index < -0.39 is 0 Å². The predicted octanol–water partition coefficient (Wildman–Crippen LogP) is 3.52. The van der Waals surface area contributed by atoms with Crippen LogP contribution in [0.25, 0.3) is 11.7 Å². The Hall–Kier alpha value is -2.52. The Labute approximate surface area is 221 Å². The smallest absolute Gasteiger partial charge is 0.258 e. The quantitative estimate of drug-likeness (QED) is 0.448. The van der Waals surface area contributed by atoms with Gasteiger partial charge in [0.25, 0.3) is 5.91 Å². The van der Waals surface area contributed by atoms with Crippen molar-refractivity contribution in [1.82, 2.24) is 24.5 Å². The third-order valence-corrected chi connectivity index (χ3v) is 7.14. The van der Waals surface area contributed by atoms with E-state index in [0.29, 0.717) is 24.5 Å². The van der Waals surface area contributed by atoms with Crippen molar-refractivity contribution >= 4 is 60.1 Å². The molecule has 0 aliphatic carbocycles. The van der Waals surface area contributed by atoms with Crippen LogP contribution in [0.15, 0.2) is 64.7 Å². The van der Waals surface area contributed by atoms with Gasteiger partial charge in [0.2, 0.25) is 5.91 Å². The van der Waals surface area contributed by atoms with Crippen molar-refractivity contribution in [2.45, 2.75) is 17.9 Å². The van der Waals surface area contributed by atoms with Crippen LogP contribution in [-0.4, -0.2) is 70.3 Å². The standard InChI is InChI=1S/C25H27N5O2S.2ClH/c31-23-18-28(13-10-19-6-2-1-3-7-19)14-15-29(23)12-5-11-26-25(32)21-16-20-17-27-22-8-4-9-24(33-21)30(20)22;;/h1-4,6-9,16-17H,5,10-15,18H2,(H,26,32);2*1H. The number of pyridine rings is 1. The van der Waals surface area contributed by atoms with Gasteiger partial charge < -0.3 is 10.2 Å². The zero-order valence-corrected chi connectivity index (χ0v) is 21.7. The van der Waals surface area contributed by atoms with Crippen molar-refractivity contribution in [2.75, 3.05) is 39.3 Å². The third kappa shape index (κ3) is 6.38. The molecule has 2 aliphatic heterocycles. The Bertz CT molecular complexity index is 1200. The van der Waals surface area contributed by atoms with Crippen LogP contribution in [-0.2, 0) is 16.0 Å². The van der Waals surface area contributed by atoms with Crippen LogP contribution in [0, 0.1) is 0 Å². The first-order chi connectivity index (χ1) is 16.2. The summed E-state index contributed by atoms with van der Waals surface area (Å²) in [6.07, 6.45) is 5.37. The van der Waals surface area contributed by atoms with Crippen molar-refractivity contribution < 1.29 is 9.59 Å². The van der Waals surface area contributed by atoms with Crippen molar-refractivity contribution in [3.63, 3.8) is 0 Å². The van der Waals surface area contributed by atoms with E-state index in [2.05, 4.69) is 39.5 Å². The second-order valence-corrected chi connectivity index (χ2v) is 9.42. The maximum atomic E-state index is 12.7. The van der Waals surface area contributed by atoms with Crippen LogP contribution in [0.3, 0.4) is 0 Å². The van der Waals surface area contributed by atoms with Gasteiger partial charge in [0.1, 0.15) is 5.65 Å². The normalized spacial score (nSPS) is 15.3. The molecule has 2 amide bonds. The molecule has 1 saturated heterocycles. The van der Waals surface area contributed by atoms with Gasteiger partial charge >= 0.3 is 0 Å². The number of amides is 2. The van der Waals surface area contributed by atoms with E-state index in [1.165, 1.54) is 17.3 Å². The summed E-state index contributed by atoms with van der Waals surface area (Å²) in [6.45, 7) is 4.23. The minimum Gasteiger partial charge on any atom is -0.352 e. The van der Waals surface area contributed by atoms with Crippen LogP contribution in [0.4, 0.5) is 0 Å². The highest BCUT2D eigenvalue weighted by atomic mass is 35.5. The lowest BCUT2D eigenvalue weighted by Gasteiger charge is -2.34. The molecule has 0 spiro atoms. The lowest BCUT2D eigenvalue weighted by molar-refractivity contribution is -0.136. The van der Waals surface area contributed by atoms with Gasteiger partial charge in [-0.25, -0.2) is 4.98 Å². The number of benzene rings is 1. The lowest BCUT2D eigenvalue weighted by Crippen LogP contribution is -2.51. The Kier molecular flexibility index (Phi) is 9.63. The van der Waals surface area contributed by atoms with Gasteiger partial charge in [0.05, 0.1) is 28.4 Å². The first kappa shape index (κ1) is 27.1. The molecular weight excluding hydrogens is 505 g/mol. The summed E-state index contributed by atoms with van der Waals surface area (Å²) in [5.41, 5.74) is 3.10. The zero-order valence-electron chi connectivity index (χ0n) is 19.3. The first-order valence-electron chi connectivity index (χ1n) is 11.4. The number of hydrogen-bond donors (Lipinski definition) is 1. The number of piperazine rings is 1. The number of imidazole rings is 1. The fraction of sp³-hybridized carbons (Fsp3) is 0.320. The largest absolute Gasteiger partial charge is 0.352 e. The van der Waals surface area contributed by atoms with E-state index in [-0.39, 0.29) is 36.6 Å². The average Bonchev–Trinajstić information content (AvgIpc) is 3.26. The van der Waals surface area contributed by atoms with Crippen molar-refractivity contribution in [3.8, 4) is 0 Å². The lowest BCUT2D eigenvalue weighted by atomic mass is 10.1. The van der Waals surface area contributed by atoms with Gasteiger partial charge in [-0.1, -0.05) is 48.2 Å². The summed E-state index contributed by atoms with van der Waals surface area (Å²) in [5, 5.41) is 3.99. The molecule has 10 heteroatoms. The molecule has 0 radical (unpaired) electrons. The highest BCUT2D eigenvalue weighted by molar-refractivity contribution is 8.04. The molecule has 3 aromatic rings. The van der Waals surface area contributed by atoms with Crippen LogP contribution < -0.4 is 5.32 Å². The summed E-state index contributed by atoms with van der Waals surface area (Å²) >= 11 is 1.45. The van der Waals surface area contributed by atoms with E-state index in [4.69, 9.17) is 0 Å². The van der Waals surface area contributed by atoms with Gasteiger partial charge in [0, 0.05) is 32.7 Å². The van der Waals surface area contributed by atoms with Crippen LogP contribution in [0.2, 0.25) is 0 Å². The first-order valence-corrected chi connectivity index (χ1v) is 12.2. The van der Waals surface area contributed by atoms with E-state index >= 15 is 0 Å². The van der Waals surface area contributed by atoms with Gasteiger partial charge in [-0.3, -0.25) is 18.9 Å². The molecule has 0 atom stereocenters. The zero-order chi connectivity index (χ0) is 22.6. The van der Waals surface area contributed by atoms with Gasteiger partial charge in [-0.2, -0.15) is 0 Å². The fourth-order valence-electron chi connectivity index (χ4n) is 4.27. The summed E-state index contributed by atoms with van der Waals surface area (Å²) in [5.74, 6) is 0.0917. The molecule has 5 rings (SSSR count). The Balaban J connectivity index is 0.00000171. The molecule has 4 heterocycles. The van der Waals surface area contributed by atoms with Crippen LogP contribution in [0.5, 0.6) is 0 Å². The number of thioether (sulfide) groups is 1. The number of halogens is 2. The van der Waals surface area contributed by atoms with Crippen LogP contribution >= 0.6 is 36.6 Å². The van der Waals surface area contributed by atoms with Gasteiger partial charge in [0.15, 0.2) is 0 Å². The molecule has 7 nitrogen and oxygen atoms in total. The predicted molar refractivity (Wildman–Crippen MR) is 144 cm³/mol. The molecule has 0 saturated carbocycles. The molecule has 1 aromatic carbocycles. The number of carbonyl (C=O) groups is 2. The monoisotopic (exact) mass is 533 g/mol. The Morgan fingerprint density at radius 1 is 1.03 bits per heavy atom.